The van der Waals surface area contributed by atoms with Crippen molar-refractivity contribution in [3.8, 4) is 0 Å². The van der Waals surface area contributed by atoms with Gasteiger partial charge in [-0.15, -0.1) is 0 Å². The van der Waals surface area contributed by atoms with E-state index in [4.69, 9.17) is 0 Å². The van der Waals surface area contributed by atoms with Crippen LogP contribution in [0, 0.1) is 0 Å². The standard InChI is InChI=1S/C8H8N2O2/c11-7-3-6-5(4-10-7)1-2-9-8(6)12/h3-4H,1-2H2,(H,9,12)(H,10,11). The number of fused-ring (bicyclic) bond motifs is 1. The molecular weight excluding hydrogens is 156 g/mol. The predicted octanol–water partition coefficient (Wildman–Crippen LogP) is -0.339. The second kappa shape index (κ2) is 2.48. The molecule has 0 fully saturated rings. The summed E-state index contributed by atoms with van der Waals surface area (Å²) in [6.07, 6.45) is 2.40. The quantitative estimate of drug-likeness (QED) is 0.551. The van der Waals surface area contributed by atoms with Crippen LogP contribution in [-0.4, -0.2) is 17.4 Å². The van der Waals surface area contributed by atoms with Gasteiger partial charge in [0.15, 0.2) is 0 Å². The van der Waals surface area contributed by atoms with Gasteiger partial charge in [-0.1, -0.05) is 0 Å². The smallest absolute Gasteiger partial charge is 0.251 e. The van der Waals surface area contributed by atoms with Crippen LogP contribution in [0.3, 0.4) is 0 Å². The van der Waals surface area contributed by atoms with E-state index in [0.29, 0.717) is 12.1 Å². The number of nitrogens with one attached hydrogen (secondary N) is 2. The van der Waals surface area contributed by atoms with Crippen LogP contribution in [0.5, 0.6) is 0 Å². The first-order chi connectivity index (χ1) is 5.77. The lowest BCUT2D eigenvalue weighted by Crippen LogP contribution is -2.33. The third-order valence-corrected chi connectivity index (χ3v) is 1.93. The van der Waals surface area contributed by atoms with Gasteiger partial charge in [0, 0.05) is 24.4 Å². The van der Waals surface area contributed by atoms with Crippen molar-refractivity contribution in [1.29, 1.82) is 0 Å². The van der Waals surface area contributed by atoms with Crippen LogP contribution in [0.15, 0.2) is 17.1 Å². The lowest BCUT2D eigenvalue weighted by Gasteiger charge is -2.14. The fourth-order valence-electron chi connectivity index (χ4n) is 1.33. The molecule has 0 bridgehead atoms. The Balaban J connectivity index is 2.61. The number of hydrogen-bond acceptors (Lipinski definition) is 2. The second-order valence-electron chi connectivity index (χ2n) is 2.74. The summed E-state index contributed by atoms with van der Waals surface area (Å²) in [4.78, 5) is 24.6. The van der Waals surface area contributed by atoms with Gasteiger partial charge >= 0.3 is 0 Å². The minimum absolute atomic E-state index is 0.151. The van der Waals surface area contributed by atoms with Crippen LogP contribution in [0.2, 0.25) is 0 Å². The topological polar surface area (TPSA) is 62.0 Å². The van der Waals surface area contributed by atoms with E-state index >= 15 is 0 Å². The maximum atomic E-state index is 11.2. The fourth-order valence-corrected chi connectivity index (χ4v) is 1.33. The molecule has 1 aromatic rings. The molecule has 2 N–H and O–H groups in total. The van der Waals surface area contributed by atoms with E-state index < -0.39 is 0 Å². The average molecular weight is 164 g/mol. The number of carbonyl (C=O) groups excluding carboxylic acids is 1. The molecule has 0 aliphatic carbocycles. The van der Waals surface area contributed by atoms with Crippen molar-refractivity contribution in [2.24, 2.45) is 0 Å². The summed E-state index contributed by atoms with van der Waals surface area (Å²) in [6.45, 7) is 0.651. The van der Waals surface area contributed by atoms with Crippen molar-refractivity contribution in [3.05, 3.63) is 33.7 Å². The molecule has 0 saturated carbocycles. The van der Waals surface area contributed by atoms with E-state index in [9.17, 15) is 9.59 Å². The van der Waals surface area contributed by atoms with Crippen LogP contribution >= 0.6 is 0 Å². The number of H-pyrrole nitrogens is 1. The lowest BCUT2D eigenvalue weighted by atomic mass is 10.0. The third-order valence-electron chi connectivity index (χ3n) is 1.93. The summed E-state index contributed by atoms with van der Waals surface area (Å²) in [5.74, 6) is -0.151. The van der Waals surface area contributed by atoms with E-state index in [-0.39, 0.29) is 11.5 Å². The molecule has 62 valence electrons. The largest absolute Gasteiger partial charge is 0.352 e. The van der Waals surface area contributed by atoms with Gasteiger partial charge in [0.05, 0.1) is 0 Å². The van der Waals surface area contributed by atoms with Gasteiger partial charge < -0.3 is 10.3 Å². The van der Waals surface area contributed by atoms with Crippen LogP contribution in [0.25, 0.3) is 0 Å². The van der Waals surface area contributed by atoms with Crippen molar-refractivity contribution < 1.29 is 4.79 Å². The number of aromatic amines is 1. The number of pyridine rings is 1. The zero-order chi connectivity index (χ0) is 8.55. The molecule has 4 heteroatoms. The Morgan fingerprint density at radius 1 is 1.33 bits per heavy atom. The molecule has 4 nitrogen and oxygen atoms in total. The highest BCUT2D eigenvalue weighted by molar-refractivity contribution is 5.96. The van der Waals surface area contributed by atoms with E-state index in [0.717, 1.165) is 12.0 Å². The van der Waals surface area contributed by atoms with Gasteiger partial charge in [0.1, 0.15) is 0 Å². The Kier molecular flexibility index (Phi) is 1.46. The monoisotopic (exact) mass is 164 g/mol. The normalized spacial score (nSPS) is 15.2. The number of rotatable bonds is 0. The number of amides is 1. The van der Waals surface area contributed by atoms with Crippen molar-refractivity contribution in [3.63, 3.8) is 0 Å². The van der Waals surface area contributed by atoms with Crippen molar-refractivity contribution in [2.45, 2.75) is 6.42 Å². The van der Waals surface area contributed by atoms with Gasteiger partial charge in [-0.2, -0.15) is 0 Å². The molecule has 0 atom stereocenters. The van der Waals surface area contributed by atoms with Gasteiger partial charge in [0.2, 0.25) is 5.56 Å². The Labute approximate surface area is 68.6 Å². The lowest BCUT2D eigenvalue weighted by molar-refractivity contribution is 0.0945. The molecule has 2 heterocycles. The molecule has 0 unspecified atom stereocenters. The molecular formula is C8H8N2O2. The second-order valence-corrected chi connectivity index (χ2v) is 2.74. The van der Waals surface area contributed by atoms with E-state index in [1.54, 1.807) is 6.20 Å². The highest BCUT2D eigenvalue weighted by Gasteiger charge is 2.15. The summed E-state index contributed by atoms with van der Waals surface area (Å²) in [6, 6.07) is 1.34. The van der Waals surface area contributed by atoms with Crippen molar-refractivity contribution in [1.82, 2.24) is 10.3 Å². The van der Waals surface area contributed by atoms with Crippen molar-refractivity contribution >= 4 is 5.91 Å². The summed E-state index contributed by atoms with van der Waals surface area (Å²) in [5.41, 5.74) is 1.19. The maximum absolute atomic E-state index is 11.2. The average Bonchev–Trinajstić information content (AvgIpc) is 2.07. The first kappa shape index (κ1) is 7.09. The first-order valence-electron chi connectivity index (χ1n) is 3.77. The summed E-state index contributed by atoms with van der Waals surface area (Å²) < 4.78 is 0. The highest BCUT2D eigenvalue weighted by atomic mass is 16.2. The minimum Gasteiger partial charge on any atom is -0.352 e. The maximum Gasteiger partial charge on any atom is 0.251 e. The summed E-state index contributed by atoms with van der Waals surface area (Å²) in [7, 11) is 0. The Bertz CT molecular complexity index is 381. The zero-order valence-corrected chi connectivity index (χ0v) is 6.39. The minimum atomic E-state index is -0.231. The van der Waals surface area contributed by atoms with Gasteiger partial charge in [0.25, 0.3) is 5.91 Å². The van der Waals surface area contributed by atoms with Crippen LogP contribution < -0.4 is 10.9 Å². The molecule has 1 aliphatic heterocycles. The van der Waals surface area contributed by atoms with Gasteiger partial charge in [-0.05, 0) is 12.0 Å². The fraction of sp³-hybridized carbons (Fsp3) is 0.250. The van der Waals surface area contributed by atoms with Gasteiger partial charge in [-0.3, -0.25) is 9.59 Å². The highest BCUT2D eigenvalue weighted by Crippen LogP contribution is 2.08. The molecule has 0 aromatic carbocycles. The SMILES string of the molecule is O=C1NCCc2c[nH]c(=O)cc21. The Hall–Kier alpha value is -1.58. The molecule has 1 aliphatic rings. The summed E-state index contributed by atoms with van der Waals surface area (Å²) in [5, 5.41) is 2.67. The molecule has 0 spiro atoms. The van der Waals surface area contributed by atoms with Crippen LogP contribution in [-0.2, 0) is 6.42 Å². The Morgan fingerprint density at radius 3 is 3.00 bits per heavy atom. The van der Waals surface area contributed by atoms with E-state index in [1.165, 1.54) is 6.07 Å². The van der Waals surface area contributed by atoms with E-state index in [1.807, 2.05) is 0 Å². The van der Waals surface area contributed by atoms with Gasteiger partial charge in [-0.25, -0.2) is 0 Å². The first-order valence-corrected chi connectivity index (χ1v) is 3.77. The molecule has 1 aromatic heterocycles. The van der Waals surface area contributed by atoms with E-state index in [2.05, 4.69) is 10.3 Å². The van der Waals surface area contributed by atoms with Crippen LogP contribution in [0.1, 0.15) is 15.9 Å². The Morgan fingerprint density at radius 2 is 2.17 bits per heavy atom. The number of aromatic nitrogens is 1. The molecule has 0 radical (unpaired) electrons. The summed E-state index contributed by atoms with van der Waals surface area (Å²) >= 11 is 0. The van der Waals surface area contributed by atoms with Crippen molar-refractivity contribution in [2.75, 3.05) is 6.54 Å². The number of hydrogen-bond donors (Lipinski definition) is 2. The third kappa shape index (κ3) is 1.01. The molecule has 2 rings (SSSR count). The molecule has 12 heavy (non-hydrogen) atoms. The molecule has 1 amide bonds. The number of carbonyl (C=O) groups is 1. The van der Waals surface area contributed by atoms with Crippen LogP contribution in [0.4, 0.5) is 0 Å². The predicted molar refractivity (Wildman–Crippen MR) is 43.1 cm³/mol. The molecule has 0 saturated heterocycles. The zero-order valence-electron chi connectivity index (χ0n) is 6.39.